The number of benzene rings is 3. The van der Waals surface area contributed by atoms with E-state index in [1.165, 1.54) is 13.8 Å². The van der Waals surface area contributed by atoms with Gasteiger partial charge in [0, 0.05) is 72.6 Å². The molecular formula is C50H63N4O4+. The van der Waals surface area contributed by atoms with E-state index in [4.69, 9.17) is 0 Å². The van der Waals surface area contributed by atoms with Crippen molar-refractivity contribution in [1.82, 2.24) is 5.32 Å². The highest BCUT2D eigenvalue weighted by Crippen LogP contribution is 2.44. The number of rotatable bonds is 18. The predicted molar refractivity (Wildman–Crippen MR) is 239 cm³/mol. The molecule has 3 aromatic rings. The zero-order valence-corrected chi connectivity index (χ0v) is 35.9. The van der Waals surface area contributed by atoms with Crippen LogP contribution < -0.4 is 15.5 Å². The Balaban J connectivity index is 1.61. The number of allylic oxidation sites excluding steroid dienone is 5. The summed E-state index contributed by atoms with van der Waals surface area (Å²) < 4.78 is 2.30. The number of para-hydroxylation sites is 2. The number of amides is 2. The van der Waals surface area contributed by atoms with Crippen LogP contribution in [0.1, 0.15) is 110 Å². The number of aryl methyl sites for hydroxylation is 2. The maximum absolute atomic E-state index is 14.3. The van der Waals surface area contributed by atoms with Crippen LogP contribution in [0.4, 0.5) is 22.7 Å². The molecule has 2 aliphatic rings. The molecular weight excluding hydrogens is 721 g/mol. The molecule has 8 nitrogen and oxygen atoms in total. The second kappa shape index (κ2) is 20.3. The average molecular weight is 784 g/mol. The Hall–Kier alpha value is -5.50. The number of hydrogen-bond acceptors (Lipinski definition) is 5. The molecule has 8 heteroatoms. The molecule has 0 saturated carbocycles. The zero-order chi connectivity index (χ0) is 41.9. The number of carbonyl (C=O) groups is 3. The third-order valence-electron chi connectivity index (χ3n) is 11.5. The van der Waals surface area contributed by atoms with Crippen molar-refractivity contribution in [2.45, 2.75) is 107 Å². The molecule has 2 unspecified atom stereocenters. The highest BCUT2D eigenvalue weighted by Gasteiger charge is 2.40. The maximum atomic E-state index is 14.3. The third-order valence-corrected chi connectivity index (χ3v) is 11.5. The number of anilines is 3. The first-order valence-corrected chi connectivity index (χ1v) is 21.3. The number of aliphatic hydroxyl groups is 1. The summed E-state index contributed by atoms with van der Waals surface area (Å²) in [4.78, 5) is 41.9. The van der Waals surface area contributed by atoms with Crippen LogP contribution in [0.5, 0.6) is 0 Å². The number of Topliss-reactive ketones (excluding diaryl/α,β-unsaturated/α-hetero) is 1. The van der Waals surface area contributed by atoms with E-state index in [0.29, 0.717) is 34.4 Å². The molecule has 0 bridgehead atoms. The summed E-state index contributed by atoms with van der Waals surface area (Å²) in [5, 5.41) is 17.7. The Labute approximate surface area is 346 Å². The quantitative estimate of drug-likeness (QED) is 0.0881. The van der Waals surface area contributed by atoms with Gasteiger partial charge >= 0.3 is 0 Å². The van der Waals surface area contributed by atoms with E-state index in [1.54, 1.807) is 0 Å². The van der Waals surface area contributed by atoms with Gasteiger partial charge in [0.2, 0.25) is 29.0 Å². The minimum atomic E-state index is -0.362. The van der Waals surface area contributed by atoms with Crippen LogP contribution >= 0.6 is 0 Å². The van der Waals surface area contributed by atoms with Gasteiger partial charge < -0.3 is 20.6 Å². The van der Waals surface area contributed by atoms with Crippen molar-refractivity contribution in [2.24, 2.45) is 11.8 Å². The summed E-state index contributed by atoms with van der Waals surface area (Å²) in [6.07, 6.45) is 14.6. The number of aliphatic hydroxyl groups excluding tert-OH is 1. The van der Waals surface area contributed by atoms with Crippen molar-refractivity contribution < 1.29 is 24.1 Å². The molecule has 0 heterocycles. The van der Waals surface area contributed by atoms with E-state index < -0.39 is 0 Å². The second-order valence-corrected chi connectivity index (χ2v) is 15.9. The molecule has 0 spiro atoms. The lowest BCUT2D eigenvalue weighted by molar-refractivity contribution is -0.449. The van der Waals surface area contributed by atoms with Crippen LogP contribution in [0, 0.1) is 25.7 Å². The number of ketones is 1. The minimum absolute atomic E-state index is 0.128. The molecule has 0 aromatic heterocycles. The van der Waals surface area contributed by atoms with Gasteiger partial charge in [-0.2, -0.15) is 4.58 Å². The van der Waals surface area contributed by atoms with E-state index in [1.807, 2.05) is 60.7 Å². The standard InChI is InChI=1S/C50H62N4O4/c1-9-13-21-37(11-3)31-53(45-23-17-15-19-33(45)5)39-25-27-41(43(29-39)51-35(7)55)47-49(57)48(50(47)58)42-28-26-40(30-44(42)52-36(8)56)54(32-38(12-4)22-14-10-2)46-24-18-16-20-34(46)6/h15-20,23-30,37-38H,9-14,21-22,31-32H2,1-8H3,(H2,51,52,55,56,57,58)/p+1. The van der Waals surface area contributed by atoms with Crippen LogP contribution in [0.15, 0.2) is 108 Å². The molecule has 58 heavy (non-hydrogen) atoms. The number of hydrogen-bond donors (Lipinski definition) is 3. The smallest absolute Gasteiger partial charge is 0.221 e. The lowest BCUT2D eigenvalue weighted by Gasteiger charge is -2.32. The molecule has 2 atom stereocenters. The fourth-order valence-corrected chi connectivity index (χ4v) is 8.09. The van der Waals surface area contributed by atoms with Crippen molar-refractivity contribution >= 4 is 51.6 Å². The Morgan fingerprint density at radius 2 is 1.41 bits per heavy atom. The number of carbonyl (C=O) groups excluding carboxylic acids is 3. The normalized spacial score (nSPS) is 17.0. The van der Waals surface area contributed by atoms with Gasteiger partial charge in [-0.25, -0.2) is 0 Å². The van der Waals surface area contributed by atoms with Crippen LogP contribution in [0.25, 0.3) is 5.57 Å². The molecule has 3 aromatic carbocycles. The summed E-state index contributed by atoms with van der Waals surface area (Å²) in [7, 11) is 0. The monoisotopic (exact) mass is 783 g/mol. The topological polar surface area (TPSA) is 102 Å². The van der Waals surface area contributed by atoms with Gasteiger partial charge in [0.05, 0.1) is 22.5 Å². The van der Waals surface area contributed by atoms with Gasteiger partial charge in [0.15, 0.2) is 6.54 Å². The van der Waals surface area contributed by atoms with Crippen LogP contribution in [-0.2, 0) is 14.4 Å². The van der Waals surface area contributed by atoms with Crippen molar-refractivity contribution in [3.8, 4) is 0 Å². The number of nitrogens with zero attached hydrogens (tertiary/aromatic N) is 2. The lowest BCUT2D eigenvalue weighted by Crippen LogP contribution is -2.30. The van der Waals surface area contributed by atoms with Crippen LogP contribution in [-0.4, -0.2) is 46.1 Å². The molecule has 306 valence electrons. The van der Waals surface area contributed by atoms with Gasteiger partial charge in [-0.1, -0.05) is 96.2 Å². The van der Waals surface area contributed by atoms with Crippen molar-refractivity contribution in [2.75, 3.05) is 23.3 Å². The highest BCUT2D eigenvalue weighted by atomic mass is 16.3. The van der Waals surface area contributed by atoms with Gasteiger partial charge in [-0.15, -0.1) is 0 Å². The van der Waals surface area contributed by atoms with E-state index >= 15 is 0 Å². The van der Waals surface area contributed by atoms with Gasteiger partial charge in [0.25, 0.3) is 0 Å². The zero-order valence-electron chi connectivity index (χ0n) is 35.9. The molecule has 2 aliphatic carbocycles. The fourth-order valence-electron chi connectivity index (χ4n) is 8.09. The van der Waals surface area contributed by atoms with Crippen molar-refractivity contribution in [3.05, 3.63) is 124 Å². The first-order chi connectivity index (χ1) is 27.9. The minimum Gasteiger partial charge on any atom is -0.506 e. The fraction of sp³-hybridized carbons (Fsp3) is 0.400. The second-order valence-electron chi connectivity index (χ2n) is 15.9. The van der Waals surface area contributed by atoms with Crippen molar-refractivity contribution in [1.29, 1.82) is 0 Å². The first kappa shape index (κ1) is 43.6. The van der Waals surface area contributed by atoms with E-state index in [0.717, 1.165) is 98.4 Å². The molecule has 2 amide bonds. The van der Waals surface area contributed by atoms with E-state index in [9.17, 15) is 19.5 Å². The predicted octanol–water partition coefficient (Wildman–Crippen LogP) is 11.4. The van der Waals surface area contributed by atoms with Gasteiger partial charge in [-0.3, -0.25) is 14.4 Å². The lowest BCUT2D eigenvalue weighted by atomic mass is 9.78. The SMILES string of the molecule is CCCCC(CC)CN(c1ccc(C2=C(O)/C(=C3\C=CC(=[N+](CC(CC)CCCC)c4ccccc4C)C=C3NC(C)=O)C2=O)c(NC(C)=O)c1)c1ccccc1C. The molecule has 5 rings (SSSR count). The maximum Gasteiger partial charge on any atom is 0.221 e. The summed E-state index contributed by atoms with van der Waals surface area (Å²) in [6.45, 7) is 17.6. The van der Waals surface area contributed by atoms with Crippen molar-refractivity contribution in [3.63, 3.8) is 0 Å². The van der Waals surface area contributed by atoms with Gasteiger partial charge in [0.1, 0.15) is 5.76 Å². The average Bonchev–Trinajstić information content (AvgIpc) is 3.20. The summed E-state index contributed by atoms with van der Waals surface area (Å²) >= 11 is 0. The molecule has 0 radical (unpaired) electrons. The summed E-state index contributed by atoms with van der Waals surface area (Å²) in [5.74, 6) is -0.183. The highest BCUT2D eigenvalue weighted by molar-refractivity contribution is 6.40. The summed E-state index contributed by atoms with van der Waals surface area (Å²) in [6, 6.07) is 22.3. The van der Waals surface area contributed by atoms with Crippen LogP contribution in [0.2, 0.25) is 0 Å². The molecule has 0 fully saturated rings. The molecule has 3 N–H and O–H groups in total. The summed E-state index contributed by atoms with van der Waals surface area (Å²) in [5.41, 5.74) is 8.22. The molecule has 0 saturated heterocycles. The largest absolute Gasteiger partial charge is 0.506 e. The Kier molecular flexibility index (Phi) is 15.2. The Morgan fingerprint density at radius 3 is 2.02 bits per heavy atom. The Morgan fingerprint density at radius 1 is 0.776 bits per heavy atom. The van der Waals surface area contributed by atoms with E-state index in [-0.39, 0.29) is 34.5 Å². The Bertz CT molecular complexity index is 2170. The first-order valence-electron chi connectivity index (χ1n) is 21.3. The molecule has 0 aliphatic heterocycles. The van der Waals surface area contributed by atoms with Gasteiger partial charge in [-0.05, 0) is 74.9 Å². The van der Waals surface area contributed by atoms with Crippen LogP contribution in [0.3, 0.4) is 0 Å². The number of unbranched alkanes of at least 4 members (excludes halogenated alkanes) is 2. The van der Waals surface area contributed by atoms with E-state index in [2.05, 4.69) is 85.9 Å². The third kappa shape index (κ3) is 10.1. The number of nitrogens with one attached hydrogen (secondary N) is 2.